The third-order valence-electron chi connectivity index (χ3n) is 3.58. The van der Waals surface area contributed by atoms with E-state index in [1.807, 2.05) is 0 Å². The maximum atomic E-state index is 8.80. The molecule has 1 aromatic rings. The van der Waals surface area contributed by atoms with E-state index < -0.39 is 0 Å². The molecule has 1 unspecified atom stereocenters. The van der Waals surface area contributed by atoms with Crippen LogP contribution in [0.4, 0.5) is 5.69 Å². The first-order valence-corrected chi connectivity index (χ1v) is 6.45. The van der Waals surface area contributed by atoms with Crippen LogP contribution >= 0.6 is 0 Å². The van der Waals surface area contributed by atoms with Gasteiger partial charge in [-0.15, -0.1) is 0 Å². The number of hydrogen-bond acceptors (Lipinski definition) is 2. The van der Waals surface area contributed by atoms with Gasteiger partial charge in [-0.3, -0.25) is 4.48 Å². The van der Waals surface area contributed by atoms with Gasteiger partial charge in [0.05, 0.1) is 19.5 Å². The van der Waals surface area contributed by atoms with Gasteiger partial charge >= 0.3 is 0 Å². The number of quaternary nitrogens is 1. The van der Waals surface area contributed by atoms with E-state index in [0.717, 1.165) is 30.4 Å². The Bertz CT molecular complexity index is 499. The van der Waals surface area contributed by atoms with Crippen LogP contribution in [0.2, 0.25) is 0 Å². The van der Waals surface area contributed by atoms with E-state index in [1.165, 1.54) is 16.8 Å². The van der Waals surface area contributed by atoms with Crippen molar-refractivity contribution in [1.29, 1.82) is 5.26 Å². The van der Waals surface area contributed by atoms with Gasteiger partial charge < -0.3 is 5.73 Å². The number of nitrogens with two attached hydrogens (primary N) is 1. The van der Waals surface area contributed by atoms with Crippen LogP contribution in [-0.4, -0.2) is 20.1 Å². The number of rotatable bonds is 5. The van der Waals surface area contributed by atoms with Crippen molar-refractivity contribution in [2.45, 2.75) is 19.3 Å². The van der Waals surface area contributed by atoms with Crippen molar-refractivity contribution in [3.05, 3.63) is 36.0 Å². The van der Waals surface area contributed by atoms with Gasteiger partial charge in [0.1, 0.15) is 18.4 Å². The largest absolute Gasteiger partial charge is 0.330 e. The Balaban J connectivity index is 2.32. The number of fused-ring (bicyclic) bond motifs is 1. The van der Waals surface area contributed by atoms with Crippen LogP contribution in [0.25, 0.3) is 5.57 Å². The zero-order valence-corrected chi connectivity index (χ0v) is 10.9. The van der Waals surface area contributed by atoms with Crippen LogP contribution < -0.4 is 10.2 Å². The second kappa shape index (κ2) is 5.34. The summed E-state index contributed by atoms with van der Waals surface area (Å²) in [5, 5.41) is 8.80. The molecular formula is C15H20N3+. The maximum Gasteiger partial charge on any atom is 0.145 e. The van der Waals surface area contributed by atoms with Gasteiger partial charge in [0, 0.05) is 17.2 Å². The molecule has 0 aromatic heterocycles. The normalized spacial score (nSPS) is 21.3. The lowest BCUT2D eigenvalue weighted by atomic mass is 10.0. The second-order valence-electron chi connectivity index (χ2n) is 4.96. The van der Waals surface area contributed by atoms with Crippen LogP contribution in [0.3, 0.4) is 0 Å². The van der Waals surface area contributed by atoms with E-state index in [2.05, 4.69) is 43.6 Å². The predicted octanol–water partition coefficient (Wildman–Crippen LogP) is 2.63. The summed E-state index contributed by atoms with van der Waals surface area (Å²) < 4.78 is 0.740. The lowest BCUT2D eigenvalue weighted by Crippen LogP contribution is -2.38. The third-order valence-corrected chi connectivity index (χ3v) is 3.58. The zero-order valence-electron chi connectivity index (χ0n) is 10.9. The van der Waals surface area contributed by atoms with Crippen LogP contribution in [0.15, 0.2) is 30.5 Å². The summed E-state index contributed by atoms with van der Waals surface area (Å²) in [5.74, 6) is 0. The third kappa shape index (κ3) is 2.31. The molecule has 1 heterocycles. The summed E-state index contributed by atoms with van der Waals surface area (Å²) in [5.41, 5.74) is 9.60. The van der Waals surface area contributed by atoms with Crippen molar-refractivity contribution in [2.75, 3.05) is 20.1 Å². The minimum Gasteiger partial charge on any atom is -0.330 e. The van der Waals surface area contributed by atoms with Crippen molar-refractivity contribution < 1.29 is 0 Å². The van der Waals surface area contributed by atoms with Gasteiger partial charge in [0.2, 0.25) is 0 Å². The maximum absolute atomic E-state index is 8.80. The van der Waals surface area contributed by atoms with E-state index >= 15 is 0 Å². The molecule has 3 nitrogen and oxygen atoms in total. The fourth-order valence-electron chi connectivity index (χ4n) is 2.63. The molecule has 2 N–H and O–H groups in total. The molecule has 0 aliphatic carbocycles. The number of benzene rings is 1. The van der Waals surface area contributed by atoms with Crippen LogP contribution in [0, 0.1) is 11.3 Å². The Hall–Kier alpha value is -1.63. The Morgan fingerprint density at radius 1 is 1.33 bits per heavy atom. The highest BCUT2D eigenvalue weighted by atomic mass is 15.3. The number of hydrogen-bond donors (Lipinski definition) is 1. The standard InChI is InChI=1S/C15H20N3/c1-18(11-5-10-17)12-13(6-4-9-16)14-7-2-3-8-15(14)18/h2-3,7-8,12H,4-6,9,11,16H2,1H3/q+1. The van der Waals surface area contributed by atoms with Crippen molar-refractivity contribution >= 4 is 11.3 Å². The lowest BCUT2D eigenvalue weighted by molar-refractivity contribution is 0.460. The predicted molar refractivity (Wildman–Crippen MR) is 75.5 cm³/mol. The number of allylic oxidation sites excluding steroid dienone is 1. The molecule has 1 aliphatic rings. The molecule has 0 spiro atoms. The summed E-state index contributed by atoms with van der Waals surface area (Å²) in [4.78, 5) is 0. The van der Waals surface area contributed by atoms with Gasteiger partial charge in [0.15, 0.2) is 0 Å². The smallest absolute Gasteiger partial charge is 0.145 e. The Labute approximate surface area is 109 Å². The minimum absolute atomic E-state index is 0.575. The van der Waals surface area contributed by atoms with E-state index in [4.69, 9.17) is 11.0 Å². The minimum atomic E-state index is 0.575. The van der Waals surface area contributed by atoms with Gasteiger partial charge in [-0.1, -0.05) is 12.1 Å². The molecule has 1 atom stereocenters. The number of para-hydroxylation sites is 1. The van der Waals surface area contributed by atoms with Gasteiger partial charge in [-0.05, 0) is 25.5 Å². The first-order chi connectivity index (χ1) is 8.71. The van der Waals surface area contributed by atoms with Crippen molar-refractivity contribution in [2.24, 2.45) is 5.73 Å². The molecule has 1 aromatic carbocycles. The Morgan fingerprint density at radius 3 is 2.83 bits per heavy atom. The SMILES string of the molecule is C[N+]1(CCC#N)C=C(CCCN)c2ccccc21. The first-order valence-electron chi connectivity index (χ1n) is 6.45. The molecule has 0 bridgehead atoms. The summed E-state index contributed by atoms with van der Waals surface area (Å²) >= 11 is 0. The van der Waals surface area contributed by atoms with Crippen molar-refractivity contribution in [3.63, 3.8) is 0 Å². The summed E-state index contributed by atoms with van der Waals surface area (Å²) in [7, 11) is 2.17. The topological polar surface area (TPSA) is 49.8 Å². The van der Waals surface area contributed by atoms with Crippen LogP contribution in [0.5, 0.6) is 0 Å². The van der Waals surface area contributed by atoms with Gasteiger partial charge in [0.25, 0.3) is 0 Å². The quantitative estimate of drug-likeness (QED) is 0.807. The van der Waals surface area contributed by atoms with Gasteiger partial charge in [-0.25, -0.2) is 0 Å². The summed E-state index contributed by atoms with van der Waals surface area (Å²) in [6, 6.07) is 10.7. The summed E-state index contributed by atoms with van der Waals surface area (Å²) in [6.07, 6.45) is 4.90. The molecule has 1 aliphatic heterocycles. The molecule has 18 heavy (non-hydrogen) atoms. The zero-order chi connectivity index (χ0) is 13.0. The van der Waals surface area contributed by atoms with Crippen LogP contribution in [0.1, 0.15) is 24.8 Å². The summed E-state index contributed by atoms with van der Waals surface area (Å²) in [6.45, 7) is 1.56. The average Bonchev–Trinajstić information content (AvgIpc) is 2.68. The monoisotopic (exact) mass is 242 g/mol. The number of nitrogens with zero attached hydrogens (tertiary/aromatic N) is 2. The molecule has 2 rings (SSSR count). The number of nitriles is 1. The lowest BCUT2D eigenvalue weighted by Gasteiger charge is -2.26. The molecule has 0 amide bonds. The molecule has 0 radical (unpaired) electrons. The van der Waals surface area contributed by atoms with Gasteiger partial charge in [-0.2, -0.15) is 5.26 Å². The molecular weight excluding hydrogens is 222 g/mol. The second-order valence-corrected chi connectivity index (χ2v) is 4.96. The van der Waals surface area contributed by atoms with E-state index in [0.29, 0.717) is 6.42 Å². The molecule has 0 fully saturated rings. The Kier molecular flexibility index (Phi) is 3.81. The van der Waals surface area contributed by atoms with Crippen molar-refractivity contribution in [1.82, 2.24) is 4.48 Å². The van der Waals surface area contributed by atoms with Crippen LogP contribution in [-0.2, 0) is 0 Å². The van der Waals surface area contributed by atoms with E-state index in [9.17, 15) is 0 Å². The Morgan fingerprint density at radius 2 is 2.11 bits per heavy atom. The average molecular weight is 242 g/mol. The first kappa shape index (κ1) is 12.8. The fraction of sp³-hybridized carbons (Fsp3) is 0.400. The molecule has 94 valence electrons. The molecule has 0 saturated carbocycles. The van der Waals surface area contributed by atoms with E-state index in [1.54, 1.807) is 0 Å². The highest BCUT2D eigenvalue weighted by Gasteiger charge is 2.33. The fourth-order valence-corrected chi connectivity index (χ4v) is 2.63. The highest BCUT2D eigenvalue weighted by molar-refractivity contribution is 5.82. The van der Waals surface area contributed by atoms with E-state index in [-0.39, 0.29) is 0 Å². The molecule has 3 heteroatoms. The van der Waals surface area contributed by atoms with Crippen molar-refractivity contribution in [3.8, 4) is 6.07 Å². The highest BCUT2D eigenvalue weighted by Crippen LogP contribution is 2.40. The molecule has 0 saturated heterocycles.